The molecule has 4 aliphatic heterocycles. The molecule has 4 fully saturated rings. The monoisotopic (exact) mass is 691 g/mol. The molecule has 0 saturated carbocycles. The van der Waals surface area contributed by atoms with Crippen LogP contribution < -0.4 is 5.32 Å². The van der Waals surface area contributed by atoms with Crippen molar-refractivity contribution in [1.82, 2.24) is 5.32 Å². The summed E-state index contributed by atoms with van der Waals surface area (Å²) in [6.07, 6.45) is -30.2. The molecule has 0 radical (unpaired) electrons. The predicted octanol–water partition coefficient (Wildman–Crippen LogP) is -8.92. The summed E-state index contributed by atoms with van der Waals surface area (Å²) >= 11 is 0. The number of hydrogen-bond acceptors (Lipinski definition) is 20. The van der Waals surface area contributed by atoms with Gasteiger partial charge in [0.05, 0.1) is 33.0 Å². The van der Waals surface area contributed by atoms with E-state index in [4.69, 9.17) is 33.2 Å². The number of carbonyl (C=O) groups is 1. The van der Waals surface area contributed by atoms with E-state index in [1.807, 2.05) is 0 Å². The molecule has 1 amide bonds. The van der Waals surface area contributed by atoms with E-state index in [9.17, 15) is 66.1 Å². The second kappa shape index (κ2) is 16.6. The topological polar surface area (TPSA) is 336 Å². The molecule has 4 saturated heterocycles. The van der Waals surface area contributed by atoms with Gasteiger partial charge in [-0.3, -0.25) is 4.79 Å². The number of rotatable bonds is 11. The Kier molecular flexibility index (Phi) is 13.6. The van der Waals surface area contributed by atoms with Gasteiger partial charge >= 0.3 is 0 Å². The van der Waals surface area contributed by atoms with E-state index in [1.165, 1.54) is 0 Å². The van der Waals surface area contributed by atoms with Crippen LogP contribution in [0, 0.1) is 0 Å². The summed E-state index contributed by atoms with van der Waals surface area (Å²) < 4.78 is 39.1. The molecular formula is C26H45NO20. The summed E-state index contributed by atoms with van der Waals surface area (Å²) in [5.41, 5.74) is 0. The Hall–Kier alpha value is -1.29. The molecule has 0 aromatic heterocycles. The third-order valence-electron chi connectivity index (χ3n) is 8.53. The lowest BCUT2D eigenvalue weighted by Gasteiger charge is -2.50. The molecule has 4 rings (SSSR count). The lowest BCUT2D eigenvalue weighted by molar-refractivity contribution is -0.374. The van der Waals surface area contributed by atoms with Gasteiger partial charge in [-0.2, -0.15) is 0 Å². The van der Waals surface area contributed by atoms with Crippen molar-refractivity contribution >= 4 is 5.91 Å². The Labute approximate surface area is 267 Å². The lowest BCUT2D eigenvalue weighted by Crippen LogP contribution is -2.70. The molecule has 47 heavy (non-hydrogen) atoms. The fourth-order valence-corrected chi connectivity index (χ4v) is 5.88. The zero-order chi connectivity index (χ0) is 34.7. The second-order valence-corrected chi connectivity index (χ2v) is 11.8. The van der Waals surface area contributed by atoms with Crippen LogP contribution in [-0.4, -0.2) is 217 Å². The average molecular weight is 692 g/mol. The highest BCUT2D eigenvalue weighted by molar-refractivity contribution is 5.73. The van der Waals surface area contributed by atoms with Gasteiger partial charge in [-0.15, -0.1) is 0 Å². The largest absolute Gasteiger partial charge is 0.394 e. The van der Waals surface area contributed by atoms with Crippen LogP contribution in [0.5, 0.6) is 0 Å². The highest BCUT2D eigenvalue weighted by atomic mass is 16.8. The van der Waals surface area contributed by atoms with Crippen molar-refractivity contribution in [1.29, 1.82) is 0 Å². The number of nitrogens with one attached hydrogen (secondary N) is 1. The van der Waals surface area contributed by atoms with Gasteiger partial charge in [-0.1, -0.05) is 0 Å². The molecule has 21 heteroatoms. The van der Waals surface area contributed by atoms with E-state index in [0.29, 0.717) is 0 Å². The Morgan fingerprint density at radius 1 is 0.574 bits per heavy atom. The van der Waals surface area contributed by atoms with Crippen LogP contribution in [0.1, 0.15) is 6.92 Å². The van der Waals surface area contributed by atoms with E-state index < -0.39 is 149 Å². The van der Waals surface area contributed by atoms with Gasteiger partial charge in [0.1, 0.15) is 97.6 Å². The minimum absolute atomic E-state index is 0.335. The molecule has 4 aliphatic rings. The summed E-state index contributed by atoms with van der Waals surface area (Å²) in [6.45, 7) is -2.48. The molecule has 0 bridgehead atoms. The van der Waals surface area contributed by atoms with Crippen molar-refractivity contribution in [3.63, 3.8) is 0 Å². The van der Waals surface area contributed by atoms with E-state index in [2.05, 4.69) is 5.32 Å². The molecule has 21 nitrogen and oxygen atoms in total. The molecule has 0 aromatic rings. The number of hydrogen-bond donors (Lipinski definition) is 13. The van der Waals surface area contributed by atoms with Crippen molar-refractivity contribution in [3.8, 4) is 0 Å². The van der Waals surface area contributed by atoms with Gasteiger partial charge in [-0.25, -0.2) is 0 Å². The second-order valence-electron chi connectivity index (χ2n) is 11.8. The van der Waals surface area contributed by atoms with E-state index in [0.717, 1.165) is 6.92 Å². The molecule has 274 valence electrons. The van der Waals surface area contributed by atoms with Crippen LogP contribution in [0.25, 0.3) is 0 Å². The molecule has 4 heterocycles. The smallest absolute Gasteiger partial charge is 0.217 e. The Morgan fingerprint density at radius 3 is 1.60 bits per heavy atom. The van der Waals surface area contributed by atoms with Gasteiger partial charge in [0.2, 0.25) is 5.91 Å². The number of aliphatic hydroxyl groups excluding tert-OH is 12. The summed E-state index contributed by atoms with van der Waals surface area (Å²) in [5, 5.41) is 126. The Morgan fingerprint density at radius 2 is 1.04 bits per heavy atom. The molecule has 0 spiro atoms. The van der Waals surface area contributed by atoms with Gasteiger partial charge in [-0.05, 0) is 0 Å². The highest BCUT2D eigenvalue weighted by Gasteiger charge is 2.55. The van der Waals surface area contributed by atoms with Crippen molar-refractivity contribution in [2.24, 2.45) is 0 Å². The minimum Gasteiger partial charge on any atom is -0.394 e. The molecule has 0 aliphatic carbocycles. The summed E-state index contributed by atoms with van der Waals surface area (Å²) in [7, 11) is 0. The van der Waals surface area contributed by atoms with Gasteiger partial charge in [0.15, 0.2) is 18.9 Å². The number of carbonyl (C=O) groups excluding carboxylic acids is 1. The van der Waals surface area contributed by atoms with Crippen LogP contribution in [0.4, 0.5) is 0 Å². The summed E-state index contributed by atoms with van der Waals surface area (Å²) in [6, 6.07) is -1.57. The normalized spacial score (nSPS) is 49.4. The van der Waals surface area contributed by atoms with Crippen LogP contribution in [0.2, 0.25) is 0 Å². The van der Waals surface area contributed by atoms with Gasteiger partial charge in [0, 0.05) is 6.92 Å². The predicted molar refractivity (Wildman–Crippen MR) is 144 cm³/mol. The summed E-state index contributed by atoms with van der Waals surface area (Å²) in [4.78, 5) is 12.3. The van der Waals surface area contributed by atoms with Crippen molar-refractivity contribution in [3.05, 3.63) is 0 Å². The lowest BCUT2D eigenvalue weighted by atomic mass is 9.94. The maximum atomic E-state index is 12.3. The molecule has 19 atom stereocenters. The standard InChI is InChI=1S/C26H45NO20/c1-7(32)27-13-22(46-25-19(39)18(38)15(35)9(2-28)43-25)16(36)10(3-29)42-24(13)47-23-17(37)11(4-30)44-26(20(23)40)45-21-12(5-31)41-6-8(33)14(21)34/h8-26,28-31,33-40H,2-6H2,1H3,(H,27,32)/t8?,9?,10-,11?,12-,13?,14?,15+,16-,17+,18+,19?,20?,21-,22?,23?,24+,25+,26+/m1/s1. The van der Waals surface area contributed by atoms with Crippen LogP contribution in [0.3, 0.4) is 0 Å². The number of amides is 1. The quantitative estimate of drug-likeness (QED) is 0.0956. The molecule has 13 N–H and O–H groups in total. The molecular weight excluding hydrogens is 646 g/mol. The van der Waals surface area contributed by atoms with Crippen molar-refractivity contribution in [2.75, 3.05) is 33.0 Å². The third kappa shape index (κ3) is 8.20. The number of aliphatic hydroxyl groups is 12. The van der Waals surface area contributed by atoms with E-state index in [1.54, 1.807) is 0 Å². The maximum Gasteiger partial charge on any atom is 0.217 e. The number of ether oxygens (including phenoxy) is 7. The fraction of sp³-hybridized carbons (Fsp3) is 0.962. The fourth-order valence-electron chi connectivity index (χ4n) is 5.88. The van der Waals surface area contributed by atoms with Gasteiger partial charge in [0.25, 0.3) is 0 Å². The van der Waals surface area contributed by atoms with Crippen molar-refractivity contribution in [2.45, 2.75) is 123 Å². The SMILES string of the molecule is CC(=O)NC1C(O[C@@H]2OC(CO)[C@H](O)[C@H](O)C2O)[C@H](O)[C@@H](CO)O[C@H]1OC1C(O)[C@H](O[C@H]2C(O)C(O)CO[C@@H]2CO)OC(CO)[C@@H]1O. The first-order chi connectivity index (χ1) is 22.3. The third-order valence-corrected chi connectivity index (χ3v) is 8.53. The van der Waals surface area contributed by atoms with Crippen molar-refractivity contribution < 1.29 is 99.2 Å². The summed E-state index contributed by atoms with van der Waals surface area (Å²) in [5.74, 6) is -0.744. The molecule has 0 aromatic carbocycles. The Bertz CT molecular complexity index is 994. The van der Waals surface area contributed by atoms with Gasteiger partial charge < -0.3 is 99.8 Å². The van der Waals surface area contributed by atoms with E-state index >= 15 is 0 Å². The Balaban J connectivity index is 1.61. The highest BCUT2D eigenvalue weighted by Crippen LogP contribution is 2.34. The zero-order valence-electron chi connectivity index (χ0n) is 25.1. The first-order valence-electron chi connectivity index (χ1n) is 15.0. The maximum absolute atomic E-state index is 12.3. The first kappa shape index (κ1) is 38.5. The minimum atomic E-state index is -1.97. The van der Waals surface area contributed by atoms with E-state index in [-0.39, 0.29) is 6.61 Å². The first-order valence-corrected chi connectivity index (χ1v) is 15.0. The molecule has 9 unspecified atom stereocenters. The average Bonchev–Trinajstić information content (AvgIpc) is 3.04. The van der Waals surface area contributed by atoms with Crippen LogP contribution >= 0.6 is 0 Å². The van der Waals surface area contributed by atoms with Crippen LogP contribution in [-0.2, 0) is 38.0 Å². The van der Waals surface area contributed by atoms with Crippen LogP contribution in [0.15, 0.2) is 0 Å². The zero-order valence-corrected chi connectivity index (χ0v) is 25.1.